The molecule has 0 atom stereocenters. The molecule has 0 unspecified atom stereocenters. The summed E-state index contributed by atoms with van der Waals surface area (Å²) in [7, 11) is 0. The predicted octanol–water partition coefficient (Wildman–Crippen LogP) is 28.5. The molecule has 8 nitrogen and oxygen atoms in total. The molecule has 110 heavy (non-hydrogen) atoms. The van der Waals surface area contributed by atoms with Crippen molar-refractivity contribution >= 4 is 156 Å². The van der Waals surface area contributed by atoms with Crippen LogP contribution in [0.2, 0.25) is 0 Å². The topological polar surface area (TPSA) is 79.2 Å². The average molecular weight is 1440 g/mol. The molecule has 0 radical (unpaired) electrons. The van der Waals surface area contributed by atoms with Crippen LogP contribution in [-0.2, 0) is 0 Å². The van der Waals surface area contributed by atoms with Crippen molar-refractivity contribution in [3.05, 3.63) is 351 Å². The number of nitrogens with zero attached hydrogens (tertiary/aromatic N) is 6. The van der Waals surface area contributed by atoms with Crippen molar-refractivity contribution in [3.8, 4) is 101 Å². The van der Waals surface area contributed by atoms with Crippen LogP contribution in [0.15, 0.2) is 349 Å². The van der Waals surface area contributed by atoms with E-state index in [1.807, 2.05) is 0 Å². The van der Waals surface area contributed by atoms with E-state index in [9.17, 15) is 6.57 Å². The molecule has 23 aromatic rings. The monoisotopic (exact) mass is 1440 g/mol. The Morgan fingerprint density at radius 3 is 1.06 bits per heavy atom. The third-order valence-corrected chi connectivity index (χ3v) is 24.5. The first-order valence-electron chi connectivity index (χ1n) is 36.8. The van der Waals surface area contributed by atoms with E-state index < -0.39 is 0 Å². The molecule has 0 fully saturated rings. The third kappa shape index (κ3) is 9.58. The van der Waals surface area contributed by atoms with E-state index in [0.29, 0.717) is 34.4 Å². The highest BCUT2D eigenvalue weighted by Gasteiger charge is 2.32. The van der Waals surface area contributed by atoms with Gasteiger partial charge in [-0.2, -0.15) is 0 Å². The molecule has 23 rings (SSSR count). The summed E-state index contributed by atoms with van der Waals surface area (Å²) in [5, 5.41) is 12.6. The lowest BCUT2D eigenvalue weighted by Crippen LogP contribution is -2.08. The van der Waals surface area contributed by atoms with E-state index in [0.717, 1.165) is 169 Å². The van der Waals surface area contributed by atoms with E-state index in [2.05, 4.69) is 349 Å². The maximum atomic E-state index is 9.91. The fraction of sp³-hybridized carbons (Fsp3) is 0. The van der Waals surface area contributed by atoms with E-state index in [4.69, 9.17) is 28.6 Å². The highest BCUT2D eigenvalue weighted by Crippen LogP contribution is 2.53. The average Bonchev–Trinajstić information content (AvgIpc) is 1.52. The zero-order valence-electron chi connectivity index (χ0n) is 58.6. The molecule has 0 aliphatic rings. The standard InChI is InChI=1S/C100H56N6O2S2/c1-101-80-57-79(100-103-98(67-35-41-71-69-31-17-19-33-87(69)109-89(71)55-67)102-99(104-100)68-36-42-72-70-32-18-20-34-88(70)110-90(72)56-68)94(105-81-45-37-63(58-21-7-2-8-22-58)53-77(81)92-83(105)47-43-73-75-51-65(60-25-11-4-12-26-60)39-49-85(75)107-96(73)92)91(62-29-15-6-16-30-62)95(80)106-82-46-38-64(59-23-9-3-10-24-59)54-78(82)93-84(106)48-44-74-76-52-66(61-27-13-5-14-28-61)40-50-86(76)108-97(74)93/h2-57H. The van der Waals surface area contributed by atoms with Gasteiger partial charge in [0.05, 0.1) is 50.8 Å². The summed E-state index contributed by atoms with van der Waals surface area (Å²) in [4.78, 5) is 22.0. The van der Waals surface area contributed by atoms with Gasteiger partial charge in [-0.25, -0.2) is 19.8 Å². The smallest absolute Gasteiger partial charge is 0.212 e. The van der Waals surface area contributed by atoms with Crippen molar-refractivity contribution in [2.45, 2.75) is 0 Å². The Labute approximate surface area is 637 Å². The molecule has 10 heteroatoms. The van der Waals surface area contributed by atoms with Gasteiger partial charge >= 0.3 is 0 Å². The minimum absolute atomic E-state index is 0.383. The minimum Gasteiger partial charge on any atom is -0.455 e. The van der Waals surface area contributed by atoms with E-state index >= 15 is 0 Å². The molecule has 0 aliphatic heterocycles. The Kier molecular flexibility index (Phi) is 13.7. The summed E-state index contributed by atoms with van der Waals surface area (Å²) in [6.07, 6.45) is 0. The van der Waals surface area contributed by atoms with Crippen molar-refractivity contribution in [2.24, 2.45) is 0 Å². The second-order valence-electron chi connectivity index (χ2n) is 28.3. The summed E-state index contributed by atoms with van der Waals surface area (Å²) >= 11 is 3.53. The van der Waals surface area contributed by atoms with Crippen molar-refractivity contribution in [3.63, 3.8) is 0 Å². The Bertz CT molecular complexity index is 7710. The molecule has 16 aromatic carbocycles. The number of hydrogen-bond donors (Lipinski definition) is 0. The maximum absolute atomic E-state index is 9.91. The first kappa shape index (κ1) is 61.9. The van der Waals surface area contributed by atoms with Gasteiger partial charge in [0.2, 0.25) is 5.69 Å². The SMILES string of the molecule is [C-]#[N+]c1cc(-c2nc(-c3ccc4c(c3)sc3ccccc34)nc(-c3ccc4c(c3)sc3ccccc34)n2)c(-n2c3ccc(-c4ccccc4)cc3c3c4oc5ccc(-c6ccccc6)cc5c4ccc32)c(-c2ccccc2)c1-n1c2ccc(-c3ccccc3)cc2c2c3oc4ccc(-c5ccccc5)cc4c3ccc21. The summed E-state index contributed by atoms with van der Waals surface area (Å²) in [5.74, 6) is 1.39. The Morgan fingerprint density at radius 1 is 0.264 bits per heavy atom. The number of benzene rings is 16. The molecule has 510 valence electrons. The molecular weight excluding hydrogens is 1380 g/mol. The van der Waals surface area contributed by atoms with Crippen LogP contribution in [0.1, 0.15) is 0 Å². The van der Waals surface area contributed by atoms with Crippen molar-refractivity contribution < 1.29 is 8.83 Å². The fourth-order valence-electron chi connectivity index (χ4n) is 17.1. The molecule has 0 aliphatic carbocycles. The van der Waals surface area contributed by atoms with Gasteiger partial charge in [0.25, 0.3) is 0 Å². The second kappa shape index (κ2) is 24.4. The van der Waals surface area contributed by atoms with Crippen LogP contribution in [0.3, 0.4) is 0 Å². The van der Waals surface area contributed by atoms with E-state index in [1.54, 1.807) is 22.7 Å². The van der Waals surface area contributed by atoms with Gasteiger partial charge in [-0.15, -0.1) is 22.7 Å². The largest absolute Gasteiger partial charge is 0.455 e. The predicted molar refractivity (Wildman–Crippen MR) is 459 cm³/mol. The Hall–Kier alpha value is -14.3. The highest BCUT2D eigenvalue weighted by atomic mass is 32.1. The number of aromatic nitrogens is 5. The number of rotatable bonds is 10. The van der Waals surface area contributed by atoms with Gasteiger partial charge in [0, 0.05) is 94.9 Å². The Morgan fingerprint density at radius 2 is 0.618 bits per heavy atom. The lowest BCUT2D eigenvalue weighted by atomic mass is 9.94. The highest BCUT2D eigenvalue weighted by molar-refractivity contribution is 7.26. The molecule has 0 saturated heterocycles. The molecule has 0 bridgehead atoms. The lowest BCUT2D eigenvalue weighted by molar-refractivity contribution is 0.672. The van der Waals surface area contributed by atoms with Gasteiger partial charge < -0.3 is 18.0 Å². The quantitative estimate of drug-likeness (QED) is 0.128. The number of furan rings is 2. The van der Waals surface area contributed by atoms with Gasteiger partial charge in [0.1, 0.15) is 22.3 Å². The van der Waals surface area contributed by atoms with E-state index in [1.165, 1.54) is 30.9 Å². The summed E-state index contributed by atoms with van der Waals surface area (Å²) in [6, 6.07) is 121. The molecule has 0 saturated carbocycles. The maximum Gasteiger partial charge on any atom is 0.212 e. The molecule has 0 N–H and O–H groups in total. The van der Waals surface area contributed by atoms with Crippen LogP contribution in [0, 0.1) is 6.57 Å². The fourth-order valence-corrected chi connectivity index (χ4v) is 19.4. The van der Waals surface area contributed by atoms with Crippen LogP contribution in [0.5, 0.6) is 0 Å². The van der Waals surface area contributed by atoms with Gasteiger partial charge in [-0.3, -0.25) is 0 Å². The second-order valence-corrected chi connectivity index (χ2v) is 30.5. The van der Waals surface area contributed by atoms with Crippen LogP contribution < -0.4 is 0 Å². The lowest BCUT2D eigenvalue weighted by Gasteiger charge is -2.24. The van der Waals surface area contributed by atoms with Crippen LogP contribution in [0.25, 0.3) is 234 Å². The summed E-state index contributed by atoms with van der Waals surface area (Å²) in [6.45, 7) is 9.91. The van der Waals surface area contributed by atoms with E-state index in [-0.39, 0.29) is 0 Å². The Balaban J connectivity index is 0.881. The van der Waals surface area contributed by atoms with Crippen LogP contribution in [0.4, 0.5) is 5.69 Å². The van der Waals surface area contributed by atoms with Crippen molar-refractivity contribution in [2.75, 3.05) is 0 Å². The zero-order valence-corrected chi connectivity index (χ0v) is 60.3. The van der Waals surface area contributed by atoms with Crippen molar-refractivity contribution in [1.82, 2.24) is 24.1 Å². The summed E-state index contributed by atoms with van der Waals surface area (Å²) < 4.78 is 24.0. The van der Waals surface area contributed by atoms with Crippen LogP contribution in [-0.4, -0.2) is 24.1 Å². The van der Waals surface area contributed by atoms with Gasteiger partial charge in [0.15, 0.2) is 17.5 Å². The molecule has 7 heterocycles. The van der Waals surface area contributed by atoms with Crippen molar-refractivity contribution in [1.29, 1.82) is 0 Å². The zero-order chi connectivity index (χ0) is 72.2. The first-order chi connectivity index (χ1) is 54.5. The third-order valence-electron chi connectivity index (χ3n) is 22.2. The molecule has 7 aromatic heterocycles. The van der Waals surface area contributed by atoms with Gasteiger partial charge in [-0.1, -0.05) is 237 Å². The molecular formula is C100H56N6O2S2. The van der Waals surface area contributed by atoms with Gasteiger partial charge in [-0.05, 0) is 153 Å². The number of fused-ring (bicyclic) bond motifs is 20. The normalized spacial score (nSPS) is 12.0. The minimum atomic E-state index is 0.383. The summed E-state index contributed by atoms with van der Waals surface area (Å²) in [5.41, 5.74) is 21.1. The number of hydrogen-bond acceptors (Lipinski definition) is 7. The van der Waals surface area contributed by atoms with Crippen LogP contribution >= 0.6 is 22.7 Å². The molecule has 0 spiro atoms. The first-order valence-corrected chi connectivity index (χ1v) is 38.4. The number of thiophene rings is 2. The molecule has 0 amide bonds.